The molecule has 0 amide bonds. The fourth-order valence-corrected chi connectivity index (χ4v) is 3.84. The molecular formula is C13H16BrN3O3S. The molecule has 0 bridgehead atoms. The first-order chi connectivity index (χ1) is 9.85. The minimum Gasteiger partial charge on any atom is -0.392 e. The number of hydrogen-bond acceptors (Lipinski definition) is 4. The van der Waals surface area contributed by atoms with Crippen molar-refractivity contribution >= 4 is 26.0 Å². The highest BCUT2D eigenvalue weighted by Gasteiger charge is 2.18. The molecule has 0 fully saturated rings. The van der Waals surface area contributed by atoms with Crippen LogP contribution in [0.15, 0.2) is 33.8 Å². The predicted octanol–water partition coefficient (Wildman–Crippen LogP) is 1.46. The number of rotatable bonds is 5. The molecule has 1 heterocycles. The number of halogens is 1. The molecule has 0 radical (unpaired) electrons. The van der Waals surface area contributed by atoms with Gasteiger partial charge in [0, 0.05) is 29.3 Å². The Morgan fingerprint density at radius 1 is 1.43 bits per heavy atom. The number of sulfonamides is 1. The molecule has 0 atom stereocenters. The molecule has 114 valence electrons. The van der Waals surface area contributed by atoms with E-state index in [2.05, 4.69) is 25.8 Å². The number of aliphatic hydroxyl groups is 1. The molecule has 2 N–H and O–H groups in total. The number of nitrogens with one attached hydrogen (secondary N) is 1. The van der Waals surface area contributed by atoms with Gasteiger partial charge in [0.05, 0.1) is 17.7 Å². The van der Waals surface area contributed by atoms with Gasteiger partial charge in [-0.2, -0.15) is 5.10 Å². The summed E-state index contributed by atoms with van der Waals surface area (Å²) in [7, 11) is -1.87. The van der Waals surface area contributed by atoms with Crippen LogP contribution >= 0.6 is 15.9 Å². The SMILES string of the molecule is Cc1c(CNS(=O)(=O)c2cc(CO)ccc2Br)cnn1C. The Labute approximate surface area is 132 Å². The summed E-state index contributed by atoms with van der Waals surface area (Å²) in [6.45, 7) is 1.83. The Morgan fingerprint density at radius 3 is 2.71 bits per heavy atom. The lowest BCUT2D eigenvalue weighted by atomic mass is 10.2. The van der Waals surface area contributed by atoms with Crippen molar-refractivity contribution in [3.8, 4) is 0 Å². The van der Waals surface area contributed by atoms with Gasteiger partial charge < -0.3 is 5.11 Å². The predicted molar refractivity (Wildman–Crippen MR) is 82.0 cm³/mol. The summed E-state index contributed by atoms with van der Waals surface area (Å²) < 4.78 is 29.4. The number of aliphatic hydroxyl groups excluding tert-OH is 1. The van der Waals surface area contributed by atoms with Gasteiger partial charge in [-0.15, -0.1) is 0 Å². The van der Waals surface area contributed by atoms with Crippen LogP contribution in [-0.4, -0.2) is 23.3 Å². The van der Waals surface area contributed by atoms with Crippen LogP contribution in [0.3, 0.4) is 0 Å². The molecular weight excluding hydrogens is 358 g/mol. The van der Waals surface area contributed by atoms with Crippen LogP contribution in [0.4, 0.5) is 0 Å². The highest BCUT2D eigenvalue weighted by molar-refractivity contribution is 9.10. The third kappa shape index (κ3) is 3.52. The third-order valence-corrected chi connectivity index (χ3v) is 5.65. The topological polar surface area (TPSA) is 84.2 Å². The summed E-state index contributed by atoms with van der Waals surface area (Å²) in [6.07, 6.45) is 1.64. The van der Waals surface area contributed by atoms with Gasteiger partial charge in [0.2, 0.25) is 10.0 Å². The van der Waals surface area contributed by atoms with E-state index in [0.717, 1.165) is 11.3 Å². The Balaban J connectivity index is 2.24. The largest absolute Gasteiger partial charge is 0.392 e. The molecule has 8 heteroatoms. The van der Waals surface area contributed by atoms with Gasteiger partial charge in [0.25, 0.3) is 0 Å². The van der Waals surface area contributed by atoms with Crippen LogP contribution < -0.4 is 4.72 Å². The van der Waals surface area contributed by atoms with Crippen molar-refractivity contribution in [3.63, 3.8) is 0 Å². The molecule has 2 rings (SSSR count). The summed E-state index contributed by atoms with van der Waals surface area (Å²) in [4.78, 5) is 0.107. The zero-order valence-corrected chi connectivity index (χ0v) is 14.1. The molecule has 6 nitrogen and oxygen atoms in total. The van der Waals surface area contributed by atoms with Gasteiger partial charge in [-0.25, -0.2) is 13.1 Å². The first-order valence-electron chi connectivity index (χ1n) is 6.21. The molecule has 1 aromatic carbocycles. The summed E-state index contributed by atoms with van der Waals surface area (Å²) in [5, 5.41) is 13.2. The fraction of sp³-hybridized carbons (Fsp3) is 0.308. The maximum atomic E-state index is 12.4. The average Bonchev–Trinajstić information content (AvgIpc) is 2.77. The second kappa shape index (κ2) is 6.27. The van der Waals surface area contributed by atoms with Crippen LogP contribution in [0.1, 0.15) is 16.8 Å². The maximum absolute atomic E-state index is 12.4. The Hall–Kier alpha value is -1.22. The summed E-state index contributed by atoms with van der Waals surface area (Å²) in [5.74, 6) is 0. The smallest absolute Gasteiger partial charge is 0.242 e. The van der Waals surface area contributed by atoms with Crippen LogP contribution in [0, 0.1) is 6.92 Å². The van der Waals surface area contributed by atoms with Crippen molar-refractivity contribution < 1.29 is 13.5 Å². The Morgan fingerprint density at radius 2 is 2.14 bits per heavy atom. The van der Waals surface area contributed by atoms with Crippen LogP contribution in [0.5, 0.6) is 0 Å². The van der Waals surface area contributed by atoms with Crippen molar-refractivity contribution in [2.45, 2.75) is 25.0 Å². The zero-order valence-electron chi connectivity index (χ0n) is 11.7. The highest BCUT2D eigenvalue weighted by Crippen LogP contribution is 2.23. The molecule has 0 aliphatic carbocycles. The van der Waals surface area contributed by atoms with Gasteiger partial charge in [-0.1, -0.05) is 6.07 Å². The molecule has 0 aliphatic rings. The Kier molecular flexibility index (Phi) is 4.82. The minimum absolute atomic E-state index is 0.107. The van der Waals surface area contributed by atoms with E-state index in [1.807, 2.05) is 6.92 Å². The van der Waals surface area contributed by atoms with E-state index in [1.165, 1.54) is 6.07 Å². The van der Waals surface area contributed by atoms with Crippen LogP contribution in [0.25, 0.3) is 0 Å². The molecule has 2 aromatic rings. The lowest BCUT2D eigenvalue weighted by Gasteiger charge is -2.09. The number of hydrogen-bond donors (Lipinski definition) is 2. The highest BCUT2D eigenvalue weighted by atomic mass is 79.9. The lowest BCUT2D eigenvalue weighted by molar-refractivity contribution is 0.281. The van der Waals surface area contributed by atoms with E-state index in [9.17, 15) is 8.42 Å². The van der Waals surface area contributed by atoms with Crippen molar-refractivity contribution in [1.29, 1.82) is 0 Å². The van der Waals surface area contributed by atoms with E-state index >= 15 is 0 Å². The summed E-state index contributed by atoms with van der Waals surface area (Å²) >= 11 is 3.22. The van der Waals surface area contributed by atoms with Gasteiger partial charge in [0.15, 0.2) is 0 Å². The van der Waals surface area contributed by atoms with Gasteiger partial charge in [-0.3, -0.25) is 4.68 Å². The summed E-state index contributed by atoms with van der Waals surface area (Å²) in [6, 6.07) is 4.71. The van der Waals surface area contributed by atoms with Crippen LogP contribution in [0.2, 0.25) is 0 Å². The van der Waals surface area contributed by atoms with Gasteiger partial charge >= 0.3 is 0 Å². The van der Waals surface area contributed by atoms with E-state index in [-0.39, 0.29) is 18.0 Å². The average molecular weight is 374 g/mol. The standard InChI is InChI=1S/C13H16BrN3O3S/c1-9-11(6-15-17(9)2)7-16-21(19,20)13-5-10(8-18)3-4-12(13)14/h3-6,16,18H,7-8H2,1-2H3. The number of aryl methyl sites for hydroxylation is 1. The maximum Gasteiger partial charge on any atom is 0.242 e. The first kappa shape index (κ1) is 16.2. The van der Waals surface area contributed by atoms with E-state index in [1.54, 1.807) is 30.1 Å². The van der Waals surface area contributed by atoms with Crippen molar-refractivity contribution in [2.24, 2.45) is 7.05 Å². The summed E-state index contributed by atoms with van der Waals surface area (Å²) in [5.41, 5.74) is 2.26. The second-order valence-corrected chi connectivity index (χ2v) is 7.22. The number of aromatic nitrogens is 2. The molecule has 1 aromatic heterocycles. The Bertz CT molecular complexity index is 756. The van der Waals surface area contributed by atoms with Crippen LogP contribution in [-0.2, 0) is 30.2 Å². The lowest BCUT2D eigenvalue weighted by Crippen LogP contribution is -2.24. The third-order valence-electron chi connectivity index (χ3n) is 3.26. The normalized spacial score (nSPS) is 11.8. The van der Waals surface area contributed by atoms with Crippen molar-refractivity contribution in [3.05, 3.63) is 45.7 Å². The molecule has 0 unspecified atom stereocenters. The second-order valence-electron chi connectivity index (χ2n) is 4.63. The molecule has 0 saturated heterocycles. The van der Waals surface area contributed by atoms with Crippen molar-refractivity contribution in [1.82, 2.24) is 14.5 Å². The molecule has 0 spiro atoms. The van der Waals surface area contributed by atoms with Gasteiger partial charge in [-0.05, 0) is 40.5 Å². The van der Waals surface area contributed by atoms with Gasteiger partial charge in [0.1, 0.15) is 0 Å². The van der Waals surface area contributed by atoms with E-state index in [4.69, 9.17) is 5.11 Å². The quantitative estimate of drug-likeness (QED) is 0.830. The number of benzene rings is 1. The monoisotopic (exact) mass is 373 g/mol. The number of nitrogens with zero attached hydrogens (tertiary/aromatic N) is 2. The van der Waals surface area contributed by atoms with E-state index < -0.39 is 10.0 Å². The zero-order chi connectivity index (χ0) is 15.6. The molecule has 21 heavy (non-hydrogen) atoms. The van der Waals surface area contributed by atoms with Crippen molar-refractivity contribution in [2.75, 3.05) is 0 Å². The molecule has 0 aliphatic heterocycles. The fourth-order valence-electron chi connectivity index (χ4n) is 1.82. The first-order valence-corrected chi connectivity index (χ1v) is 8.49. The minimum atomic E-state index is -3.67. The molecule has 0 saturated carbocycles. The van der Waals surface area contributed by atoms with E-state index in [0.29, 0.717) is 10.0 Å².